The van der Waals surface area contributed by atoms with Crippen molar-refractivity contribution in [3.8, 4) is 0 Å². The second-order valence-corrected chi connectivity index (χ2v) is 5.69. The molecule has 0 fully saturated rings. The zero-order valence-corrected chi connectivity index (χ0v) is 15.0. The van der Waals surface area contributed by atoms with Gasteiger partial charge in [0.1, 0.15) is 5.82 Å². The summed E-state index contributed by atoms with van der Waals surface area (Å²) in [6.45, 7) is 2.69. The van der Waals surface area contributed by atoms with E-state index in [0.29, 0.717) is 23.4 Å². The Hall–Kier alpha value is -3.02. The molecule has 6 heteroatoms. The van der Waals surface area contributed by atoms with Crippen LogP contribution in [0.1, 0.15) is 24.5 Å². The summed E-state index contributed by atoms with van der Waals surface area (Å²) in [5, 5.41) is 2.70. The van der Waals surface area contributed by atoms with Gasteiger partial charge in [0.2, 0.25) is 5.91 Å². The van der Waals surface area contributed by atoms with Crippen molar-refractivity contribution in [3.63, 3.8) is 0 Å². The third-order valence-corrected chi connectivity index (χ3v) is 3.83. The average molecular weight is 354 g/mol. The van der Waals surface area contributed by atoms with Crippen molar-refractivity contribution in [3.05, 3.63) is 70.8 Å². The van der Waals surface area contributed by atoms with Gasteiger partial charge in [-0.1, -0.05) is 25.1 Å². The number of aryl methyl sites for hydroxylation is 1. The van der Waals surface area contributed by atoms with Gasteiger partial charge < -0.3 is 11.1 Å². The minimum absolute atomic E-state index is 0.242. The maximum Gasteiger partial charge on any atom is 0.250 e. The lowest BCUT2D eigenvalue weighted by atomic mass is 9.99. The van der Waals surface area contributed by atoms with Gasteiger partial charge in [-0.05, 0) is 36.6 Å². The molecule has 0 unspecified atom stereocenters. The van der Waals surface area contributed by atoms with E-state index in [1.54, 1.807) is 25.4 Å². The molecule has 26 heavy (non-hydrogen) atoms. The molecule has 1 aromatic rings. The number of hydrogen-bond acceptors (Lipinski definition) is 4. The molecule has 3 N–H and O–H groups in total. The largest absolute Gasteiger partial charge is 0.399 e. The lowest BCUT2D eigenvalue weighted by Crippen LogP contribution is -2.23. The molecule has 2 rings (SSSR count). The summed E-state index contributed by atoms with van der Waals surface area (Å²) in [5.74, 6) is -0.680. The SMILES string of the molecule is CCc1cccc(F)c1C(/C=C\C(N)=C\C(=O)NC1=CCCN=C1)=NC. The van der Waals surface area contributed by atoms with Crippen molar-refractivity contribution in [1.29, 1.82) is 0 Å². The van der Waals surface area contributed by atoms with Crippen molar-refractivity contribution in [2.75, 3.05) is 13.6 Å². The van der Waals surface area contributed by atoms with E-state index in [0.717, 1.165) is 18.5 Å². The van der Waals surface area contributed by atoms with Gasteiger partial charge in [0, 0.05) is 37.1 Å². The first kappa shape index (κ1) is 19.3. The number of allylic oxidation sites excluding steroid dienone is 3. The number of nitrogens with two attached hydrogens (primary N) is 1. The van der Waals surface area contributed by atoms with Crippen molar-refractivity contribution in [1.82, 2.24) is 5.32 Å². The van der Waals surface area contributed by atoms with Gasteiger partial charge in [-0.2, -0.15) is 0 Å². The van der Waals surface area contributed by atoms with E-state index in [4.69, 9.17) is 5.73 Å². The summed E-state index contributed by atoms with van der Waals surface area (Å²) < 4.78 is 14.2. The van der Waals surface area contributed by atoms with Crippen LogP contribution in [0.25, 0.3) is 0 Å². The summed E-state index contributed by atoms with van der Waals surface area (Å²) in [6, 6.07) is 4.94. The number of carbonyl (C=O) groups is 1. The first-order chi connectivity index (χ1) is 12.5. The molecule has 1 aromatic carbocycles. The lowest BCUT2D eigenvalue weighted by Gasteiger charge is -2.09. The van der Waals surface area contributed by atoms with Gasteiger partial charge >= 0.3 is 0 Å². The Morgan fingerprint density at radius 2 is 2.23 bits per heavy atom. The molecule has 1 amide bonds. The van der Waals surface area contributed by atoms with Crippen LogP contribution in [-0.2, 0) is 11.2 Å². The summed E-state index contributed by atoms with van der Waals surface area (Å²) >= 11 is 0. The Balaban J connectivity index is 2.12. The molecule has 0 bridgehead atoms. The molecular formula is C20H23FN4O. The molecule has 0 saturated carbocycles. The molecule has 0 spiro atoms. The summed E-state index contributed by atoms with van der Waals surface area (Å²) in [4.78, 5) is 20.2. The summed E-state index contributed by atoms with van der Waals surface area (Å²) in [6.07, 6.45) is 9.42. The number of carbonyl (C=O) groups excluding carboxylic acids is 1. The predicted molar refractivity (Wildman–Crippen MR) is 104 cm³/mol. The monoisotopic (exact) mass is 354 g/mol. The molecule has 0 saturated heterocycles. The van der Waals surface area contributed by atoms with Crippen LogP contribution < -0.4 is 11.1 Å². The molecule has 136 valence electrons. The van der Waals surface area contributed by atoms with Gasteiger partial charge in [-0.3, -0.25) is 14.8 Å². The zero-order chi connectivity index (χ0) is 18.9. The summed E-state index contributed by atoms with van der Waals surface area (Å²) in [5.41, 5.74) is 8.56. The molecule has 5 nitrogen and oxygen atoms in total. The van der Waals surface area contributed by atoms with Crippen LogP contribution in [0.15, 0.2) is 63.9 Å². The van der Waals surface area contributed by atoms with E-state index in [1.165, 1.54) is 18.2 Å². The van der Waals surface area contributed by atoms with Crippen molar-refractivity contribution >= 4 is 17.8 Å². The van der Waals surface area contributed by atoms with Gasteiger partial charge in [0.05, 0.1) is 11.4 Å². The van der Waals surface area contributed by atoms with Crippen molar-refractivity contribution in [2.24, 2.45) is 15.7 Å². The quantitative estimate of drug-likeness (QED) is 0.468. The standard InChI is InChI=1S/C20H23FN4O/c1-3-14-6-4-8-17(21)20(14)18(23-2)10-9-15(22)12-19(26)25-16-7-5-11-24-13-16/h4,6-10,12-13H,3,5,11,22H2,1-2H3,(H,25,26)/b10-9-,15-12-,23-18?. The Morgan fingerprint density at radius 1 is 1.42 bits per heavy atom. The number of rotatable bonds is 6. The first-order valence-electron chi connectivity index (χ1n) is 8.46. The smallest absolute Gasteiger partial charge is 0.250 e. The fraction of sp³-hybridized carbons (Fsp3) is 0.250. The van der Waals surface area contributed by atoms with E-state index in [9.17, 15) is 9.18 Å². The van der Waals surface area contributed by atoms with Gasteiger partial charge in [-0.15, -0.1) is 0 Å². The Labute approximate surface area is 152 Å². The van der Waals surface area contributed by atoms with Crippen LogP contribution in [0.2, 0.25) is 0 Å². The van der Waals surface area contributed by atoms with Crippen LogP contribution in [-0.4, -0.2) is 31.4 Å². The zero-order valence-electron chi connectivity index (χ0n) is 15.0. The van der Waals surface area contributed by atoms with Crippen molar-refractivity contribution in [2.45, 2.75) is 19.8 Å². The highest BCUT2D eigenvalue weighted by Crippen LogP contribution is 2.16. The number of hydrogen-bond donors (Lipinski definition) is 2. The third kappa shape index (κ3) is 5.24. The number of nitrogens with one attached hydrogen (secondary N) is 1. The molecule has 0 aromatic heterocycles. The lowest BCUT2D eigenvalue weighted by molar-refractivity contribution is -0.115. The topological polar surface area (TPSA) is 79.8 Å². The molecule has 0 atom stereocenters. The fourth-order valence-corrected chi connectivity index (χ4v) is 2.57. The van der Waals surface area contributed by atoms with Gasteiger partial charge in [0.25, 0.3) is 0 Å². The second kappa shape index (κ2) is 9.46. The minimum Gasteiger partial charge on any atom is -0.399 e. The van der Waals surface area contributed by atoms with Gasteiger partial charge in [0.15, 0.2) is 0 Å². The highest BCUT2D eigenvalue weighted by atomic mass is 19.1. The normalized spacial score (nSPS) is 15.3. The third-order valence-electron chi connectivity index (χ3n) is 3.83. The number of benzene rings is 1. The highest BCUT2D eigenvalue weighted by Gasteiger charge is 2.11. The Morgan fingerprint density at radius 3 is 2.88 bits per heavy atom. The highest BCUT2D eigenvalue weighted by molar-refractivity contribution is 6.10. The number of amides is 1. The van der Waals surface area contributed by atoms with E-state index >= 15 is 0 Å². The molecular weight excluding hydrogens is 331 g/mol. The first-order valence-corrected chi connectivity index (χ1v) is 8.46. The number of nitrogens with zero attached hydrogens (tertiary/aromatic N) is 2. The molecule has 0 radical (unpaired) electrons. The molecule has 1 heterocycles. The van der Waals surface area contributed by atoms with E-state index in [1.807, 2.05) is 19.1 Å². The average Bonchev–Trinajstić information content (AvgIpc) is 2.63. The van der Waals surface area contributed by atoms with Gasteiger partial charge in [-0.25, -0.2) is 4.39 Å². The van der Waals surface area contributed by atoms with Crippen LogP contribution in [0, 0.1) is 5.82 Å². The molecule has 1 aliphatic rings. The Bertz CT molecular complexity index is 819. The minimum atomic E-state index is -0.345. The van der Waals surface area contributed by atoms with Crippen LogP contribution in [0.4, 0.5) is 4.39 Å². The van der Waals surface area contributed by atoms with Crippen molar-refractivity contribution < 1.29 is 9.18 Å². The van der Waals surface area contributed by atoms with E-state index < -0.39 is 0 Å². The van der Waals surface area contributed by atoms with Crippen LogP contribution >= 0.6 is 0 Å². The van der Waals surface area contributed by atoms with Crippen LogP contribution in [0.5, 0.6) is 0 Å². The predicted octanol–water partition coefficient (Wildman–Crippen LogP) is 2.68. The maximum atomic E-state index is 14.2. The summed E-state index contributed by atoms with van der Waals surface area (Å²) in [7, 11) is 1.59. The maximum absolute atomic E-state index is 14.2. The van der Waals surface area contributed by atoms with Crippen LogP contribution in [0.3, 0.4) is 0 Å². The molecule has 1 aliphatic heterocycles. The number of aliphatic imine (C=N–C) groups is 2. The fourth-order valence-electron chi connectivity index (χ4n) is 2.57. The van der Waals surface area contributed by atoms with E-state index in [-0.39, 0.29) is 17.4 Å². The Kier molecular flexibility index (Phi) is 7.02. The second-order valence-electron chi connectivity index (χ2n) is 5.69. The molecule has 0 aliphatic carbocycles. The number of halogens is 1. The number of dihydropyridines is 1. The van der Waals surface area contributed by atoms with E-state index in [2.05, 4.69) is 15.3 Å².